The standard InChI is InChI=1S/C26H31FN4O/c1-4-31(3)20-13-23-24(27)6-5-22(26(23)30-15-20)25(32)12-18-14-29-8-7-21(18)17-9-16(2)10-19(28)11-17/h5-8,13-17,19H,4,9-12,28H2,1-3H3/t16-,17+,19-/m0/s1. The van der Waals surface area contributed by atoms with E-state index in [4.69, 9.17) is 5.73 Å². The maximum absolute atomic E-state index is 14.6. The van der Waals surface area contributed by atoms with Gasteiger partial charge in [0.15, 0.2) is 5.78 Å². The lowest BCUT2D eigenvalue weighted by atomic mass is 9.75. The first kappa shape index (κ1) is 22.3. The first-order chi connectivity index (χ1) is 15.4. The van der Waals surface area contributed by atoms with Crippen LogP contribution in [-0.2, 0) is 6.42 Å². The van der Waals surface area contributed by atoms with Crippen LogP contribution in [0.3, 0.4) is 0 Å². The van der Waals surface area contributed by atoms with Crippen LogP contribution in [0, 0.1) is 11.7 Å². The number of anilines is 1. The molecule has 5 nitrogen and oxygen atoms in total. The highest BCUT2D eigenvalue weighted by atomic mass is 19.1. The number of aromatic nitrogens is 2. The number of hydrogen-bond acceptors (Lipinski definition) is 5. The number of pyridine rings is 2. The summed E-state index contributed by atoms with van der Waals surface area (Å²) in [5.41, 5.74) is 10.0. The van der Waals surface area contributed by atoms with Gasteiger partial charge in [-0.25, -0.2) is 4.39 Å². The van der Waals surface area contributed by atoms with Gasteiger partial charge in [0.2, 0.25) is 0 Å². The Morgan fingerprint density at radius 1 is 1.22 bits per heavy atom. The largest absolute Gasteiger partial charge is 0.374 e. The summed E-state index contributed by atoms with van der Waals surface area (Å²) in [6.45, 7) is 5.03. The Morgan fingerprint density at radius 2 is 2.03 bits per heavy atom. The average Bonchev–Trinajstić information content (AvgIpc) is 2.78. The fourth-order valence-electron chi connectivity index (χ4n) is 4.95. The molecule has 0 spiro atoms. The van der Waals surface area contributed by atoms with Crippen LogP contribution in [0.1, 0.15) is 60.5 Å². The SMILES string of the molecule is CCN(C)c1cnc2c(C(=O)Cc3cnccc3[C@@H]3C[C@H](C)C[C@H](N)C3)ccc(F)c2c1. The summed E-state index contributed by atoms with van der Waals surface area (Å²) in [5.74, 6) is 0.431. The quantitative estimate of drug-likeness (QED) is 0.560. The number of halogens is 1. The zero-order valence-electron chi connectivity index (χ0n) is 19.0. The van der Waals surface area contributed by atoms with Crippen LogP contribution in [0.4, 0.5) is 10.1 Å². The molecule has 0 bridgehead atoms. The Balaban J connectivity index is 1.66. The molecule has 32 heavy (non-hydrogen) atoms. The first-order valence-corrected chi connectivity index (χ1v) is 11.4. The van der Waals surface area contributed by atoms with Gasteiger partial charge in [0.1, 0.15) is 5.82 Å². The third-order valence-corrected chi connectivity index (χ3v) is 6.71. The normalized spacial score (nSPS) is 21.0. The van der Waals surface area contributed by atoms with E-state index >= 15 is 0 Å². The minimum Gasteiger partial charge on any atom is -0.374 e. The Labute approximate surface area is 188 Å². The van der Waals surface area contributed by atoms with Crippen molar-refractivity contribution in [1.82, 2.24) is 9.97 Å². The van der Waals surface area contributed by atoms with Crippen molar-refractivity contribution in [2.75, 3.05) is 18.5 Å². The van der Waals surface area contributed by atoms with Gasteiger partial charge >= 0.3 is 0 Å². The molecule has 6 heteroatoms. The summed E-state index contributed by atoms with van der Waals surface area (Å²) >= 11 is 0. The summed E-state index contributed by atoms with van der Waals surface area (Å²) in [7, 11) is 1.93. The maximum atomic E-state index is 14.6. The van der Waals surface area contributed by atoms with Gasteiger partial charge in [-0.15, -0.1) is 0 Å². The highest BCUT2D eigenvalue weighted by Crippen LogP contribution is 2.37. The van der Waals surface area contributed by atoms with Crippen molar-refractivity contribution in [3.63, 3.8) is 0 Å². The number of ketones is 1. The fourth-order valence-corrected chi connectivity index (χ4v) is 4.95. The van der Waals surface area contributed by atoms with Crippen LogP contribution in [0.15, 0.2) is 42.9 Å². The van der Waals surface area contributed by atoms with Gasteiger partial charge in [0.05, 0.1) is 17.4 Å². The van der Waals surface area contributed by atoms with E-state index < -0.39 is 0 Å². The molecule has 1 saturated carbocycles. The molecule has 1 aromatic carbocycles. The van der Waals surface area contributed by atoms with Crippen molar-refractivity contribution in [2.45, 2.75) is 51.5 Å². The van der Waals surface area contributed by atoms with Crippen LogP contribution >= 0.6 is 0 Å². The number of carbonyl (C=O) groups is 1. The van der Waals surface area contributed by atoms with Crippen LogP contribution in [0.2, 0.25) is 0 Å². The number of carbonyl (C=O) groups excluding carboxylic acids is 1. The molecule has 2 N–H and O–H groups in total. The van der Waals surface area contributed by atoms with Crippen LogP contribution in [-0.4, -0.2) is 35.4 Å². The number of fused-ring (bicyclic) bond motifs is 1. The van der Waals surface area contributed by atoms with Gasteiger partial charge in [-0.1, -0.05) is 6.92 Å². The predicted octanol–water partition coefficient (Wildman–Crippen LogP) is 4.88. The lowest BCUT2D eigenvalue weighted by Gasteiger charge is -2.32. The number of rotatable bonds is 6. The molecule has 0 aliphatic heterocycles. The van der Waals surface area contributed by atoms with Gasteiger partial charge < -0.3 is 10.6 Å². The molecule has 168 valence electrons. The predicted molar refractivity (Wildman–Crippen MR) is 127 cm³/mol. The van der Waals surface area contributed by atoms with Gasteiger partial charge in [-0.05, 0) is 73.4 Å². The van der Waals surface area contributed by atoms with E-state index in [-0.39, 0.29) is 24.1 Å². The minimum absolute atomic E-state index is 0.0819. The van der Waals surface area contributed by atoms with E-state index in [1.807, 2.05) is 24.9 Å². The summed E-state index contributed by atoms with van der Waals surface area (Å²) in [5, 5.41) is 0.368. The summed E-state index contributed by atoms with van der Waals surface area (Å²) < 4.78 is 14.6. The summed E-state index contributed by atoms with van der Waals surface area (Å²) in [4.78, 5) is 24.1. The molecule has 4 rings (SSSR count). The molecule has 1 aliphatic carbocycles. The maximum Gasteiger partial charge on any atom is 0.169 e. The fraction of sp³-hybridized carbons (Fsp3) is 0.423. The average molecular weight is 435 g/mol. The minimum atomic E-state index is -0.373. The first-order valence-electron chi connectivity index (χ1n) is 11.4. The van der Waals surface area contributed by atoms with E-state index in [2.05, 4.69) is 16.9 Å². The van der Waals surface area contributed by atoms with Gasteiger partial charge in [-0.3, -0.25) is 14.8 Å². The third kappa shape index (κ3) is 4.51. The second-order valence-electron chi connectivity index (χ2n) is 9.14. The highest BCUT2D eigenvalue weighted by molar-refractivity contribution is 6.08. The monoisotopic (exact) mass is 434 g/mol. The van der Waals surface area contributed by atoms with Crippen LogP contribution < -0.4 is 10.6 Å². The van der Waals surface area contributed by atoms with E-state index in [9.17, 15) is 9.18 Å². The second kappa shape index (κ2) is 9.33. The zero-order valence-corrected chi connectivity index (χ0v) is 19.0. The zero-order chi connectivity index (χ0) is 22.8. The van der Waals surface area contributed by atoms with E-state index in [1.165, 1.54) is 6.07 Å². The third-order valence-electron chi connectivity index (χ3n) is 6.71. The van der Waals surface area contributed by atoms with E-state index in [0.29, 0.717) is 28.3 Å². The summed E-state index contributed by atoms with van der Waals surface area (Å²) in [6, 6.07) is 6.87. The van der Waals surface area contributed by atoms with E-state index in [1.54, 1.807) is 30.7 Å². The van der Waals surface area contributed by atoms with E-state index in [0.717, 1.165) is 42.6 Å². The smallest absolute Gasteiger partial charge is 0.169 e. The van der Waals surface area contributed by atoms with Gasteiger partial charge in [0, 0.05) is 49.4 Å². The number of hydrogen-bond donors (Lipinski definition) is 1. The number of Topliss-reactive ketones (excluding diaryl/α,β-unsaturated/α-hetero) is 1. The Kier molecular flexibility index (Phi) is 6.51. The highest BCUT2D eigenvalue weighted by Gasteiger charge is 2.27. The molecule has 0 amide bonds. The molecule has 3 atom stereocenters. The molecule has 3 aromatic rings. The molecule has 1 aliphatic rings. The molecule has 1 fully saturated rings. The lowest BCUT2D eigenvalue weighted by molar-refractivity contribution is 0.0994. The van der Waals surface area contributed by atoms with Crippen LogP contribution in [0.5, 0.6) is 0 Å². The van der Waals surface area contributed by atoms with Crippen molar-refractivity contribution < 1.29 is 9.18 Å². The topological polar surface area (TPSA) is 72.1 Å². The molecule has 0 radical (unpaired) electrons. The Morgan fingerprint density at radius 3 is 2.78 bits per heavy atom. The second-order valence-corrected chi connectivity index (χ2v) is 9.14. The number of nitrogens with zero attached hydrogens (tertiary/aromatic N) is 3. The molecule has 2 heterocycles. The van der Waals surface area contributed by atoms with Crippen molar-refractivity contribution in [1.29, 1.82) is 0 Å². The molecule has 0 saturated heterocycles. The molecule has 0 unspecified atom stereocenters. The van der Waals surface area contributed by atoms with Gasteiger partial charge in [-0.2, -0.15) is 0 Å². The Hall–Kier alpha value is -2.86. The Bertz CT molecular complexity index is 1120. The lowest BCUT2D eigenvalue weighted by Crippen LogP contribution is -2.31. The van der Waals surface area contributed by atoms with Crippen molar-refractivity contribution in [3.05, 3.63) is 65.4 Å². The molecular weight excluding hydrogens is 403 g/mol. The number of nitrogens with two attached hydrogens (primary N) is 1. The summed E-state index contributed by atoms with van der Waals surface area (Å²) in [6.07, 6.45) is 8.50. The van der Waals surface area contributed by atoms with Gasteiger partial charge in [0.25, 0.3) is 0 Å². The number of benzene rings is 1. The van der Waals surface area contributed by atoms with Crippen LogP contribution in [0.25, 0.3) is 10.9 Å². The van der Waals surface area contributed by atoms with Crippen molar-refractivity contribution in [3.8, 4) is 0 Å². The molecular formula is C26H31FN4O. The molecule has 2 aromatic heterocycles. The van der Waals surface area contributed by atoms with Crippen molar-refractivity contribution in [2.24, 2.45) is 11.7 Å². The van der Waals surface area contributed by atoms with Crippen molar-refractivity contribution >= 4 is 22.4 Å².